The molecular formula is C19H30N4O2. The molecule has 0 bridgehead atoms. The molecule has 1 amide bonds. The van der Waals surface area contributed by atoms with E-state index in [0.717, 1.165) is 56.9 Å². The van der Waals surface area contributed by atoms with Crippen molar-refractivity contribution in [1.29, 1.82) is 0 Å². The largest absolute Gasteiger partial charge is 0.381 e. The summed E-state index contributed by atoms with van der Waals surface area (Å²) >= 11 is 0. The fourth-order valence-corrected chi connectivity index (χ4v) is 3.65. The predicted octanol–water partition coefficient (Wildman–Crippen LogP) is 2.11. The van der Waals surface area contributed by atoms with Gasteiger partial charge in [0.25, 0.3) is 0 Å². The van der Waals surface area contributed by atoms with Gasteiger partial charge in [0, 0.05) is 30.7 Å². The van der Waals surface area contributed by atoms with E-state index in [0.29, 0.717) is 19.2 Å². The monoisotopic (exact) mass is 346 g/mol. The third-order valence-corrected chi connectivity index (χ3v) is 5.33. The van der Waals surface area contributed by atoms with Crippen molar-refractivity contribution in [2.75, 3.05) is 26.3 Å². The Labute approximate surface area is 150 Å². The van der Waals surface area contributed by atoms with Crippen molar-refractivity contribution in [2.24, 2.45) is 5.92 Å². The van der Waals surface area contributed by atoms with E-state index in [2.05, 4.69) is 34.0 Å². The average molecular weight is 346 g/mol. The minimum Gasteiger partial charge on any atom is -0.381 e. The van der Waals surface area contributed by atoms with Gasteiger partial charge >= 0.3 is 0 Å². The Kier molecular flexibility index (Phi) is 6.37. The summed E-state index contributed by atoms with van der Waals surface area (Å²) < 4.78 is 5.53. The van der Waals surface area contributed by atoms with Crippen LogP contribution in [0.5, 0.6) is 0 Å². The second kappa shape index (κ2) is 8.72. The second-order valence-electron chi connectivity index (χ2n) is 7.44. The topological polar surface area (TPSA) is 67.4 Å². The molecule has 2 fully saturated rings. The van der Waals surface area contributed by atoms with Crippen LogP contribution < -0.4 is 5.32 Å². The Morgan fingerprint density at radius 2 is 2.16 bits per heavy atom. The van der Waals surface area contributed by atoms with Crippen molar-refractivity contribution in [3.8, 4) is 0 Å². The van der Waals surface area contributed by atoms with Crippen molar-refractivity contribution < 1.29 is 9.53 Å². The Morgan fingerprint density at radius 3 is 2.84 bits per heavy atom. The lowest BCUT2D eigenvalue weighted by atomic mass is 9.95. The normalized spacial score (nSPS) is 22.9. The number of nitrogens with one attached hydrogen (secondary N) is 1. The number of likely N-dealkylation sites (tertiary alicyclic amines) is 1. The summed E-state index contributed by atoms with van der Waals surface area (Å²) in [6, 6.07) is 2.45. The van der Waals surface area contributed by atoms with E-state index in [-0.39, 0.29) is 17.7 Å². The fraction of sp³-hybridized carbons (Fsp3) is 0.737. The third-order valence-electron chi connectivity index (χ3n) is 5.33. The lowest BCUT2D eigenvalue weighted by Gasteiger charge is -2.33. The van der Waals surface area contributed by atoms with Crippen LogP contribution in [-0.4, -0.2) is 53.1 Å². The number of hydrogen-bond acceptors (Lipinski definition) is 5. The molecule has 0 radical (unpaired) electrons. The molecule has 2 saturated heterocycles. The van der Waals surface area contributed by atoms with Gasteiger partial charge in [-0.15, -0.1) is 0 Å². The summed E-state index contributed by atoms with van der Waals surface area (Å²) in [6.07, 6.45) is 5.81. The summed E-state index contributed by atoms with van der Waals surface area (Å²) in [7, 11) is 0. The zero-order valence-corrected chi connectivity index (χ0v) is 15.4. The first kappa shape index (κ1) is 18.3. The van der Waals surface area contributed by atoms with E-state index < -0.39 is 0 Å². The molecule has 25 heavy (non-hydrogen) atoms. The van der Waals surface area contributed by atoms with Crippen LogP contribution in [0.4, 0.5) is 0 Å². The third kappa shape index (κ3) is 4.98. The summed E-state index contributed by atoms with van der Waals surface area (Å²) in [5.41, 5.74) is 0.878. The molecule has 0 saturated carbocycles. The van der Waals surface area contributed by atoms with Crippen molar-refractivity contribution >= 4 is 5.91 Å². The Hall–Kier alpha value is -1.53. The van der Waals surface area contributed by atoms with Crippen LogP contribution in [-0.2, 0) is 16.1 Å². The van der Waals surface area contributed by atoms with Gasteiger partial charge in [-0.05, 0) is 58.7 Å². The van der Waals surface area contributed by atoms with Gasteiger partial charge in [-0.2, -0.15) is 0 Å². The Balaban J connectivity index is 1.49. The quantitative estimate of drug-likeness (QED) is 0.884. The van der Waals surface area contributed by atoms with Crippen molar-refractivity contribution in [1.82, 2.24) is 20.2 Å². The second-order valence-corrected chi connectivity index (χ2v) is 7.44. The number of piperidine rings is 1. The van der Waals surface area contributed by atoms with Crippen LogP contribution in [0.3, 0.4) is 0 Å². The molecule has 0 spiro atoms. The first-order valence-corrected chi connectivity index (χ1v) is 9.55. The summed E-state index contributed by atoms with van der Waals surface area (Å²) in [5.74, 6) is 1.41. The zero-order valence-electron chi connectivity index (χ0n) is 15.4. The van der Waals surface area contributed by atoms with E-state index in [1.54, 1.807) is 6.20 Å². The Bertz CT molecular complexity index is 564. The van der Waals surface area contributed by atoms with Crippen molar-refractivity contribution in [3.63, 3.8) is 0 Å². The van der Waals surface area contributed by atoms with Gasteiger partial charge in [-0.3, -0.25) is 4.79 Å². The molecule has 1 atom stereocenters. The van der Waals surface area contributed by atoms with Gasteiger partial charge in [-0.25, -0.2) is 9.97 Å². The lowest BCUT2D eigenvalue weighted by Crippen LogP contribution is -2.43. The summed E-state index contributed by atoms with van der Waals surface area (Å²) in [5, 5.41) is 3.06. The first-order chi connectivity index (χ1) is 12.1. The summed E-state index contributed by atoms with van der Waals surface area (Å²) in [6.45, 7) is 8.46. The molecule has 1 aromatic rings. The van der Waals surface area contributed by atoms with E-state index in [4.69, 9.17) is 4.74 Å². The highest BCUT2D eigenvalue weighted by Crippen LogP contribution is 2.22. The van der Waals surface area contributed by atoms with Crippen LogP contribution in [0, 0.1) is 5.92 Å². The molecule has 0 aromatic carbocycles. The number of carbonyl (C=O) groups is 1. The molecular weight excluding hydrogens is 316 g/mol. The fourth-order valence-electron chi connectivity index (χ4n) is 3.65. The maximum Gasteiger partial charge on any atom is 0.223 e. The van der Waals surface area contributed by atoms with E-state index in [1.165, 1.54) is 0 Å². The van der Waals surface area contributed by atoms with Gasteiger partial charge in [-0.1, -0.05) is 0 Å². The molecule has 2 aliphatic heterocycles. The molecule has 138 valence electrons. The number of aromatic nitrogens is 2. The van der Waals surface area contributed by atoms with Crippen LogP contribution in [0.25, 0.3) is 0 Å². The van der Waals surface area contributed by atoms with Crippen LogP contribution in [0.15, 0.2) is 12.3 Å². The van der Waals surface area contributed by atoms with Crippen molar-refractivity contribution in [3.05, 3.63) is 23.8 Å². The molecule has 3 heterocycles. The maximum absolute atomic E-state index is 12.4. The van der Waals surface area contributed by atoms with Gasteiger partial charge in [0.1, 0.15) is 5.82 Å². The van der Waals surface area contributed by atoms with Crippen LogP contribution in [0.1, 0.15) is 57.0 Å². The molecule has 6 heteroatoms. The molecule has 1 unspecified atom stereocenters. The molecule has 2 aliphatic rings. The van der Waals surface area contributed by atoms with E-state index >= 15 is 0 Å². The van der Waals surface area contributed by atoms with Gasteiger partial charge in [0.2, 0.25) is 5.91 Å². The predicted molar refractivity (Wildman–Crippen MR) is 96.1 cm³/mol. The van der Waals surface area contributed by atoms with Crippen LogP contribution in [0.2, 0.25) is 0 Å². The molecule has 3 rings (SSSR count). The minimum absolute atomic E-state index is 0.128. The average Bonchev–Trinajstić information content (AvgIpc) is 2.67. The molecule has 1 N–H and O–H groups in total. The standard InChI is InChI=1S/C19H30N4O2/c1-14(2)23-9-6-15(7-10-23)19(24)21-12-17-5-8-20-18(22-17)16-4-3-11-25-13-16/h5,8,14-16H,3-4,6-7,9-13H2,1-2H3,(H,21,24). The highest BCUT2D eigenvalue weighted by molar-refractivity contribution is 5.78. The number of ether oxygens (including phenoxy) is 1. The lowest BCUT2D eigenvalue weighted by molar-refractivity contribution is -0.126. The SMILES string of the molecule is CC(C)N1CCC(C(=O)NCc2ccnc(C3CCCOC3)n2)CC1. The number of nitrogens with zero attached hydrogens (tertiary/aromatic N) is 3. The molecule has 0 aliphatic carbocycles. The number of hydrogen-bond donors (Lipinski definition) is 1. The maximum atomic E-state index is 12.4. The van der Waals surface area contributed by atoms with Crippen molar-refractivity contribution in [2.45, 2.75) is 58.0 Å². The zero-order chi connectivity index (χ0) is 17.6. The minimum atomic E-state index is 0.128. The summed E-state index contributed by atoms with van der Waals surface area (Å²) in [4.78, 5) is 23.9. The van der Waals surface area contributed by atoms with Gasteiger partial charge < -0.3 is 15.0 Å². The number of rotatable bonds is 5. The molecule has 1 aromatic heterocycles. The van der Waals surface area contributed by atoms with Gasteiger partial charge in [0.15, 0.2) is 0 Å². The number of carbonyl (C=O) groups excluding carboxylic acids is 1. The molecule has 6 nitrogen and oxygen atoms in total. The van der Waals surface area contributed by atoms with E-state index in [9.17, 15) is 4.79 Å². The Morgan fingerprint density at radius 1 is 1.36 bits per heavy atom. The number of amides is 1. The van der Waals surface area contributed by atoms with Crippen LogP contribution >= 0.6 is 0 Å². The highest BCUT2D eigenvalue weighted by atomic mass is 16.5. The first-order valence-electron chi connectivity index (χ1n) is 9.55. The highest BCUT2D eigenvalue weighted by Gasteiger charge is 2.26. The van der Waals surface area contributed by atoms with Gasteiger partial charge in [0.05, 0.1) is 18.8 Å². The van der Waals surface area contributed by atoms with E-state index in [1.807, 2.05) is 6.07 Å². The smallest absolute Gasteiger partial charge is 0.223 e.